The number of halogens is 2. The zero-order chi connectivity index (χ0) is 19.0. The van der Waals surface area contributed by atoms with E-state index in [9.17, 15) is 13.6 Å². The van der Waals surface area contributed by atoms with Crippen molar-refractivity contribution in [1.29, 1.82) is 0 Å². The number of hydrogen-bond acceptors (Lipinski definition) is 2. The van der Waals surface area contributed by atoms with Crippen molar-refractivity contribution in [3.63, 3.8) is 0 Å². The fourth-order valence-electron chi connectivity index (χ4n) is 3.90. The first kappa shape index (κ1) is 18.2. The Morgan fingerprint density at radius 2 is 2.11 bits per heavy atom. The lowest BCUT2D eigenvalue weighted by molar-refractivity contribution is -0.0452. The van der Waals surface area contributed by atoms with Crippen LogP contribution >= 0.6 is 0 Å². The van der Waals surface area contributed by atoms with Gasteiger partial charge in [0.2, 0.25) is 5.92 Å². The molecule has 1 aromatic heterocycles. The van der Waals surface area contributed by atoms with Gasteiger partial charge in [-0.1, -0.05) is 24.8 Å². The number of hydrogen-bond donors (Lipinski definition) is 1. The maximum absolute atomic E-state index is 13.3. The van der Waals surface area contributed by atoms with Crippen LogP contribution in [-0.2, 0) is 11.3 Å². The van der Waals surface area contributed by atoms with Crippen molar-refractivity contribution in [2.24, 2.45) is 5.92 Å². The highest BCUT2D eigenvalue weighted by Crippen LogP contribution is 2.36. The molecule has 1 saturated heterocycles. The third-order valence-corrected chi connectivity index (χ3v) is 5.59. The summed E-state index contributed by atoms with van der Waals surface area (Å²) < 4.78 is 34.0. The monoisotopic (exact) mass is 374 g/mol. The molecule has 1 N–H and O–H groups in total. The van der Waals surface area contributed by atoms with E-state index in [-0.39, 0.29) is 30.8 Å². The number of nitrogens with one attached hydrogen (secondary N) is 1. The van der Waals surface area contributed by atoms with E-state index in [2.05, 4.69) is 16.5 Å². The highest BCUT2D eigenvalue weighted by atomic mass is 19.3. The maximum Gasteiger partial charge on any atom is 0.253 e. The summed E-state index contributed by atoms with van der Waals surface area (Å²) >= 11 is 0. The van der Waals surface area contributed by atoms with Crippen LogP contribution in [0.25, 0.3) is 17.0 Å². The number of fused-ring (bicyclic) bond motifs is 1. The van der Waals surface area contributed by atoms with Gasteiger partial charge in [0.25, 0.3) is 5.91 Å². The number of epoxide rings is 1. The minimum Gasteiger partial charge on any atom is -0.371 e. The quantitative estimate of drug-likeness (QED) is 0.769. The van der Waals surface area contributed by atoms with E-state index >= 15 is 0 Å². The van der Waals surface area contributed by atoms with Gasteiger partial charge in [-0.3, -0.25) is 4.79 Å². The number of carbonyl (C=O) groups excluding carboxylic acids is 1. The van der Waals surface area contributed by atoms with Crippen molar-refractivity contribution in [2.45, 2.75) is 44.3 Å². The lowest BCUT2D eigenvalue weighted by atomic mass is 9.87. The summed E-state index contributed by atoms with van der Waals surface area (Å²) in [5.74, 6) is -2.60. The smallest absolute Gasteiger partial charge is 0.253 e. The molecule has 2 aliphatic rings. The van der Waals surface area contributed by atoms with Crippen molar-refractivity contribution in [2.75, 3.05) is 13.2 Å². The van der Waals surface area contributed by atoms with Crippen LogP contribution in [0.5, 0.6) is 0 Å². The highest BCUT2D eigenvalue weighted by molar-refractivity contribution is 6.09. The van der Waals surface area contributed by atoms with Gasteiger partial charge in [0.05, 0.1) is 24.8 Å². The van der Waals surface area contributed by atoms with Crippen LogP contribution in [-0.4, -0.2) is 35.7 Å². The third kappa shape index (κ3) is 3.90. The van der Waals surface area contributed by atoms with Crippen molar-refractivity contribution >= 4 is 22.9 Å². The number of alkyl halides is 2. The predicted octanol–water partition coefficient (Wildman–Crippen LogP) is 4.24. The molecule has 1 saturated carbocycles. The number of rotatable bonds is 6. The molecule has 1 atom stereocenters. The summed E-state index contributed by atoms with van der Waals surface area (Å²) in [5, 5.41) is 3.83. The molecule has 2 fully saturated rings. The first-order chi connectivity index (χ1) is 13.0. The second kappa shape index (κ2) is 7.08. The topological polar surface area (TPSA) is 46.6 Å². The standard InChI is InChI=1S/C21H24F2N2O2/c1-2-15-4-3-5-18-19(15)17(12-25(18)11-16-13-27-16)20(26)24-10-14-6-8-21(22,23)9-7-14/h2-5,12,14,16H,1,6-11,13H2,(H,24,26)/t16-/m0/s1. The minimum absolute atomic E-state index is 0.0884. The third-order valence-electron chi connectivity index (χ3n) is 5.59. The summed E-state index contributed by atoms with van der Waals surface area (Å²) in [6.07, 6.45) is 4.54. The second-order valence-electron chi connectivity index (χ2n) is 7.61. The van der Waals surface area contributed by atoms with Crippen LogP contribution in [0.15, 0.2) is 31.0 Å². The van der Waals surface area contributed by atoms with Gasteiger partial charge in [-0.25, -0.2) is 8.78 Å². The van der Waals surface area contributed by atoms with Gasteiger partial charge in [-0.2, -0.15) is 0 Å². The Morgan fingerprint density at radius 1 is 1.37 bits per heavy atom. The Hall–Kier alpha value is -2.21. The molecule has 4 rings (SSSR count). The molecule has 2 aromatic rings. The molecule has 0 unspecified atom stereocenters. The summed E-state index contributed by atoms with van der Waals surface area (Å²) in [5.41, 5.74) is 2.48. The Labute approximate surface area is 157 Å². The van der Waals surface area contributed by atoms with E-state index in [0.717, 1.165) is 23.1 Å². The Kier molecular flexibility index (Phi) is 4.76. The number of benzene rings is 1. The second-order valence-corrected chi connectivity index (χ2v) is 7.61. The van der Waals surface area contributed by atoms with E-state index in [1.54, 1.807) is 6.08 Å². The van der Waals surface area contributed by atoms with Crippen molar-refractivity contribution in [3.8, 4) is 0 Å². The van der Waals surface area contributed by atoms with Gasteiger partial charge >= 0.3 is 0 Å². The van der Waals surface area contributed by atoms with E-state index in [4.69, 9.17) is 4.74 Å². The van der Waals surface area contributed by atoms with Crippen LogP contribution in [0.1, 0.15) is 41.6 Å². The van der Waals surface area contributed by atoms with Crippen LogP contribution < -0.4 is 5.32 Å². The molecule has 4 nitrogen and oxygen atoms in total. The fraction of sp³-hybridized carbons (Fsp3) is 0.476. The van der Waals surface area contributed by atoms with E-state index in [0.29, 0.717) is 31.5 Å². The molecule has 2 heterocycles. The van der Waals surface area contributed by atoms with Crippen LogP contribution in [0.3, 0.4) is 0 Å². The largest absolute Gasteiger partial charge is 0.371 e. The number of aromatic nitrogens is 1. The van der Waals surface area contributed by atoms with E-state index in [1.807, 2.05) is 24.4 Å². The summed E-state index contributed by atoms with van der Waals surface area (Å²) in [7, 11) is 0. The van der Waals surface area contributed by atoms with Crippen LogP contribution in [0.4, 0.5) is 8.78 Å². The van der Waals surface area contributed by atoms with Crippen LogP contribution in [0, 0.1) is 5.92 Å². The molecule has 27 heavy (non-hydrogen) atoms. The van der Waals surface area contributed by atoms with Crippen molar-refractivity contribution in [3.05, 3.63) is 42.1 Å². The first-order valence-corrected chi connectivity index (χ1v) is 9.49. The number of nitrogens with zero attached hydrogens (tertiary/aromatic N) is 1. The van der Waals surface area contributed by atoms with Gasteiger partial charge in [0.15, 0.2) is 0 Å². The SMILES string of the molecule is C=Cc1cccc2c1c(C(=O)NCC1CCC(F)(F)CC1)cn2C[C@H]1CO1. The van der Waals surface area contributed by atoms with Gasteiger partial charge in [-0.05, 0) is 30.4 Å². The van der Waals surface area contributed by atoms with Gasteiger partial charge in [-0.15, -0.1) is 0 Å². The van der Waals surface area contributed by atoms with E-state index < -0.39 is 5.92 Å². The number of ether oxygens (including phenoxy) is 1. The Bertz CT molecular complexity index is 860. The molecule has 1 aromatic carbocycles. The van der Waals surface area contributed by atoms with Gasteiger partial charge in [0, 0.05) is 36.5 Å². The lowest BCUT2D eigenvalue weighted by Crippen LogP contribution is -2.33. The zero-order valence-corrected chi connectivity index (χ0v) is 15.2. The lowest BCUT2D eigenvalue weighted by Gasteiger charge is -2.28. The Morgan fingerprint density at radius 3 is 2.78 bits per heavy atom. The molecule has 6 heteroatoms. The molecule has 1 aliphatic carbocycles. The molecular formula is C21H24F2N2O2. The van der Waals surface area contributed by atoms with Gasteiger partial charge < -0.3 is 14.6 Å². The molecule has 0 radical (unpaired) electrons. The molecule has 144 valence electrons. The normalized spacial score (nSPS) is 21.9. The summed E-state index contributed by atoms with van der Waals surface area (Å²) in [6, 6.07) is 5.88. The molecule has 1 aliphatic heterocycles. The van der Waals surface area contributed by atoms with E-state index in [1.165, 1.54) is 0 Å². The van der Waals surface area contributed by atoms with Crippen molar-refractivity contribution < 1.29 is 18.3 Å². The van der Waals surface area contributed by atoms with Crippen LogP contribution in [0.2, 0.25) is 0 Å². The molecule has 0 spiro atoms. The summed E-state index contributed by atoms with van der Waals surface area (Å²) in [4.78, 5) is 12.9. The average Bonchev–Trinajstić information content (AvgIpc) is 3.40. The maximum atomic E-state index is 13.3. The fourth-order valence-corrected chi connectivity index (χ4v) is 3.90. The molecule has 1 amide bonds. The first-order valence-electron chi connectivity index (χ1n) is 9.49. The molecular weight excluding hydrogens is 350 g/mol. The number of amides is 1. The average molecular weight is 374 g/mol. The minimum atomic E-state index is -2.54. The van der Waals surface area contributed by atoms with Crippen molar-refractivity contribution in [1.82, 2.24) is 9.88 Å². The highest BCUT2D eigenvalue weighted by Gasteiger charge is 2.35. The Balaban J connectivity index is 1.53. The zero-order valence-electron chi connectivity index (χ0n) is 15.2. The number of carbonyl (C=O) groups is 1. The molecule has 0 bridgehead atoms. The predicted molar refractivity (Wildman–Crippen MR) is 101 cm³/mol. The van der Waals surface area contributed by atoms with Gasteiger partial charge in [0.1, 0.15) is 0 Å². The summed E-state index contributed by atoms with van der Waals surface area (Å²) in [6.45, 7) is 5.75.